The number of amides is 1. The van der Waals surface area contributed by atoms with Gasteiger partial charge in [-0.05, 0) is 50.8 Å². The summed E-state index contributed by atoms with van der Waals surface area (Å²) in [6, 6.07) is 5.57. The quantitative estimate of drug-likeness (QED) is 0.859. The van der Waals surface area contributed by atoms with E-state index in [4.69, 9.17) is 5.73 Å². The number of hydrogen-bond donors (Lipinski definition) is 1. The van der Waals surface area contributed by atoms with Crippen LogP contribution in [-0.4, -0.2) is 59.4 Å². The summed E-state index contributed by atoms with van der Waals surface area (Å²) < 4.78 is 25.7. The SMILES string of the molecule is Cc1nc2cc(C(=O)N3CCCC[C@H]3CN)ccc2n1[C@@H]1CCS(=O)(=O)C1. The molecule has 1 aromatic carbocycles. The lowest BCUT2D eigenvalue weighted by Crippen LogP contribution is -2.47. The van der Waals surface area contributed by atoms with Crippen LogP contribution < -0.4 is 5.73 Å². The molecule has 0 saturated carbocycles. The molecule has 0 radical (unpaired) electrons. The number of aryl methyl sites for hydroxylation is 1. The van der Waals surface area contributed by atoms with Crippen LogP contribution in [0.4, 0.5) is 0 Å². The zero-order valence-corrected chi connectivity index (χ0v) is 16.4. The molecular weight excluding hydrogens is 364 g/mol. The van der Waals surface area contributed by atoms with Crippen molar-refractivity contribution >= 4 is 26.8 Å². The lowest BCUT2D eigenvalue weighted by molar-refractivity contribution is 0.0623. The van der Waals surface area contributed by atoms with E-state index >= 15 is 0 Å². The van der Waals surface area contributed by atoms with Gasteiger partial charge in [0.1, 0.15) is 5.82 Å². The Morgan fingerprint density at radius 2 is 2.11 bits per heavy atom. The van der Waals surface area contributed by atoms with E-state index < -0.39 is 9.84 Å². The molecule has 4 rings (SSSR count). The third-order valence-corrected chi connectivity index (χ3v) is 7.60. The van der Waals surface area contributed by atoms with Gasteiger partial charge in [0.2, 0.25) is 0 Å². The Labute approximate surface area is 159 Å². The molecule has 0 aliphatic carbocycles. The molecule has 2 fully saturated rings. The molecule has 27 heavy (non-hydrogen) atoms. The number of carbonyl (C=O) groups excluding carboxylic acids is 1. The molecule has 0 bridgehead atoms. The zero-order valence-electron chi connectivity index (χ0n) is 15.6. The zero-order chi connectivity index (χ0) is 19.2. The molecule has 146 valence electrons. The summed E-state index contributed by atoms with van der Waals surface area (Å²) in [5.74, 6) is 1.17. The van der Waals surface area contributed by atoms with Gasteiger partial charge in [0.05, 0.1) is 28.6 Å². The van der Waals surface area contributed by atoms with Crippen molar-refractivity contribution in [3.8, 4) is 0 Å². The average Bonchev–Trinajstić information content (AvgIpc) is 3.18. The number of nitrogens with zero attached hydrogens (tertiary/aromatic N) is 3. The number of likely N-dealkylation sites (tertiary alicyclic amines) is 1. The number of imidazole rings is 1. The molecule has 1 aromatic heterocycles. The second kappa shape index (κ2) is 6.91. The van der Waals surface area contributed by atoms with Crippen LogP contribution in [0.3, 0.4) is 0 Å². The number of aromatic nitrogens is 2. The minimum atomic E-state index is -2.97. The Kier molecular flexibility index (Phi) is 4.71. The van der Waals surface area contributed by atoms with Gasteiger partial charge in [0, 0.05) is 24.7 Å². The highest BCUT2D eigenvalue weighted by Crippen LogP contribution is 2.30. The summed E-state index contributed by atoms with van der Waals surface area (Å²) in [4.78, 5) is 19.5. The summed E-state index contributed by atoms with van der Waals surface area (Å²) in [5, 5.41) is 0. The van der Waals surface area contributed by atoms with Crippen LogP contribution in [0.1, 0.15) is 47.9 Å². The van der Waals surface area contributed by atoms with E-state index in [0.29, 0.717) is 18.5 Å². The fourth-order valence-corrected chi connectivity index (χ4v) is 6.17. The van der Waals surface area contributed by atoms with E-state index in [0.717, 1.165) is 42.7 Å². The van der Waals surface area contributed by atoms with Gasteiger partial charge in [0.15, 0.2) is 9.84 Å². The molecule has 2 N–H and O–H groups in total. The first-order valence-corrected chi connectivity index (χ1v) is 11.4. The molecule has 2 aliphatic rings. The highest BCUT2D eigenvalue weighted by atomic mass is 32.2. The Morgan fingerprint density at radius 1 is 1.30 bits per heavy atom. The normalized spacial score (nSPS) is 25.2. The number of nitrogens with two attached hydrogens (primary N) is 1. The first-order chi connectivity index (χ1) is 12.9. The van der Waals surface area contributed by atoms with E-state index in [1.165, 1.54) is 0 Å². The minimum absolute atomic E-state index is 0.00250. The fourth-order valence-electron chi connectivity index (χ4n) is 4.47. The molecule has 8 heteroatoms. The third kappa shape index (κ3) is 3.36. The van der Waals surface area contributed by atoms with Crippen LogP contribution in [0.25, 0.3) is 11.0 Å². The molecule has 0 spiro atoms. The minimum Gasteiger partial charge on any atom is -0.334 e. The van der Waals surface area contributed by atoms with Gasteiger partial charge < -0.3 is 15.2 Å². The molecule has 3 heterocycles. The standard InChI is InChI=1S/C19H26N4O3S/c1-13-21-17-10-14(19(24)22-8-3-2-4-15(22)11-20)5-6-18(17)23(13)16-7-9-27(25,26)12-16/h5-6,10,15-16H,2-4,7-9,11-12,20H2,1H3/t15-,16+/m0/s1. The van der Waals surface area contributed by atoms with Crippen molar-refractivity contribution in [1.29, 1.82) is 0 Å². The van der Waals surface area contributed by atoms with Crippen molar-refractivity contribution in [2.45, 2.75) is 44.7 Å². The Balaban J connectivity index is 1.66. The van der Waals surface area contributed by atoms with Gasteiger partial charge in [-0.15, -0.1) is 0 Å². The van der Waals surface area contributed by atoms with Crippen LogP contribution in [0.2, 0.25) is 0 Å². The van der Waals surface area contributed by atoms with Crippen LogP contribution in [0, 0.1) is 6.92 Å². The summed E-state index contributed by atoms with van der Waals surface area (Å²) in [6.45, 7) is 3.12. The van der Waals surface area contributed by atoms with Gasteiger partial charge in [-0.3, -0.25) is 4.79 Å². The molecule has 0 unspecified atom stereocenters. The Hall–Kier alpha value is -1.93. The van der Waals surface area contributed by atoms with E-state index in [9.17, 15) is 13.2 Å². The van der Waals surface area contributed by atoms with E-state index in [-0.39, 0.29) is 29.5 Å². The fraction of sp³-hybridized carbons (Fsp3) is 0.579. The average molecular weight is 391 g/mol. The Morgan fingerprint density at radius 3 is 2.81 bits per heavy atom. The number of fused-ring (bicyclic) bond motifs is 1. The van der Waals surface area contributed by atoms with Gasteiger partial charge in [-0.1, -0.05) is 0 Å². The second-order valence-electron chi connectivity index (χ2n) is 7.67. The predicted molar refractivity (Wildman–Crippen MR) is 105 cm³/mol. The highest BCUT2D eigenvalue weighted by Gasteiger charge is 2.31. The third-order valence-electron chi connectivity index (χ3n) is 5.85. The summed E-state index contributed by atoms with van der Waals surface area (Å²) in [6.07, 6.45) is 3.68. The van der Waals surface area contributed by atoms with Crippen LogP contribution in [0.15, 0.2) is 18.2 Å². The predicted octanol–water partition coefficient (Wildman–Crippen LogP) is 1.66. The van der Waals surface area contributed by atoms with Crippen LogP contribution >= 0.6 is 0 Å². The van der Waals surface area contributed by atoms with E-state index in [2.05, 4.69) is 4.98 Å². The maximum Gasteiger partial charge on any atom is 0.254 e. The van der Waals surface area contributed by atoms with Crippen molar-refractivity contribution in [3.63, 3.8) is 0 Å². The molecule has 2 aromatic rings. The summed E-state index contributed by atoms with van der Waals surface area (Å²) in [7, 11) is -2.97. The van der Waals surface area contributed by atoms with Crippen LogP contribution in [0.5, 0.6) is 0 Å². The number of benzene rings is 1. The largest absolute Gasteiger partial charge is 0.334 e. The van der Waals surface area contributed by atoms with Crippen molar-refractivity contribution in [2.24, 2.45) is 5.73 Å². The van der Waals surface area contributed by atoms with Crippen molar-refractivity contribution in [2.75, 3.05) is 24.6 Å². The molecule has 2 atom stereocenters. The molecule has 2 saturated heterocycles. The maximum absolute atomic E-state index is 13.0. The van der Waals surface area contributed by atoms with Gasteiger partial charge in [-0.2, -0.15) is 0 Å². The van der Waals surface area contributed by atoms with Gasteiger partial charge in [0.25, 0.3) is 5.91 Å². The second-order valence-corrected chi connectivity index (χ2v) is 9.90. The van der Waals surface area contributed by atoms with Gasteiger partial charge >= 0.3 is 0 Å². The smallest absolute Gasteiger partial charge is 0.254 e. The van der Waals surface area contributed by atoms with Crippen molar-refractivity contribution in [1.82, 2.24) is 14.5 Å². The van der Waals surface area contributed by atoms with E-state index in [1.807, 2.05) is 34.6 Å². The molecular formula is C19H26N4O3S. The number of hydrogen-bond acceptors (Lipinski definition) is 5. The molecule has 7 nitrogen and oxygen atoms in total. The number of piperidine rings is 1. The summed E-state index contributed by atoms with van der Waals surface area (Å²) in [5.41, 5.74) is 8.10. The van der Waals surface area contributed by atoms with Crippen LogP contribution in [-0.2, 0) is 9.84 Å². The highest BCUT2D eigenvalue weighted by molar-refractivity contribution is 7.91. The summed E-state index contributed by atoms with van der Waals surface area (Å²) >= 11 is 0. The lowest BCUT2D eigenvalue weighted by Gasteiger charge is -2.35. The first kappa shape index (κ1) is 18.4. The van der Waals surface area contributed by atoms with Gasteiger partial charge in [-0.25, -0.2) is 13.4 Å². The maximum atomic E-state index is 13.0. The first-order valence-electron chi connectivity index (χ1n) is 9.59. The molecule has 1 amide bonds. The number of rotatable bonds is 3. The monoisotopic (exact) mass is 390 g/mol. The lowest BCUT2D eigenvalue weighted by atomic mass is 10.0. The number of sulfone groups is 1. The van der Waals surface area contributed by atoms with E-state index in [1.54, 1.807) is 0 Å². The topological polar surface area (TPSA) is 98.3 Å². The number of carbonyl (C=O) groups is 1. The van der Waals surface area contributed by atoms with Crippen molar-refractivity contribution < 1.29 is 13.2 Å². The Bertz CT molecular complexity index is 982. The van der Waals surface area contributed by atoms with Crippen molar-refractivity contribution in [3.05, 3.63) is 29.6 Å². The molecule has 2 aliphatic heterocycles.